The highest BCUT2D eigenvalue weighted by molar-refractivity contribution is 6.32. The van der Waals surface area contributed by atoms with Gasteiger partial charge in [0.2, 0.25) is 0 Å². The summed E-state index contributed by atoms with van der Waals surface area (Å²) in [6.07, 6.45) is 3.31. The molecule has 0 bridgehead atoms. The van der Waals surface area contributed by atoms with Gasteiger partial charge in [-0.2, -0.15) is 0 Å². The number of rotatable bonds is 2. The van der Waals surface area contributed by atoms with E-state index >= 15 is 0 Å². The second-order valence-corrected chi connectivity index (χ2v) is 3.38. The van der Waals surface area contributed by atoms with Crippen molar-refractivity contribution in [1.29, 1.82) is 0 Å². The molecule has 0 amide bonds. The summed E-state index contributed by atoms with van der Waals surface area (Å²) in [5.74, 6) is 1.27. The minimum atomic E-state index is 0.492. The molecule has 3 nitrogen and oxygen atoms in total. The number of nitrogens with zero attached hydrogens (tertiary/aromatic N) is 1. The number of pyridine rings is 1. The van der Waals surface area contributed by atoms with Crippen molar-refractivity contribution in [2.75, 3.05) is 5.73 Å². The van der Waals surface area contributed by atoms with Crippen molar-refractivity contribution in [3.8, 4) is 11.5 Å². The molecule has 0 saturated carbocycles. The monoisotopic (exact) mass is 220 g/mol. The van der Waals surface area contributed by atoms with Crippen molar-refractivity contribution >= 4 is 17.3 Å². The molecule has 1 heterocycles. The largest absolute Gasteiger partial charge is 0.456 e. The average molecular weight is 221 g/mol. The predicted molar refractivity (Wildman–Crippen MR) is 60.2 cm³/mol. The Labute approximate surface area is 92.5 Å². The van der Waals surface area contributed by atoms with Crippen molar-refractivity contribution in [2.24, 2.45) is 0 Å². The second kappa shape index (κ2) is 4.19. The fraction of sp³-hybridized carbons (Fsp3) is 0. The first-order chi connectivity index (χ1) is 7.25. The highest BCUT2D eigenvalue weighted by Crippen LogP contribution is 2.30. The zero-order valence-electron chi connectivity index (χ0n) is 7.85. The van der Waals surface area contributed by atoms with Crippen LogP contribution < -0.4 is 10.5 Å². The second-order valence-electron chi connectivity index (χ2n) is 2.97. The summed E-state index contributed by atoms with van der Waals surface area (Å²) in [5.41, 5.74) is 6.18. The lowest BCUT2D eigenvalue weighted by Crippen LogP contribution is -1.88. The van der Waals surface area contributed by atoms with E-state index in [1.54, 1.807) is 42.7 Å². The Balaban J connectivity index is 2.25. The summed E-state index contributed by atoms with van der Waals surface area (Å²) < 4.78 is 5.54. The van der Waals surface area contributed by atoms with Crippen LogP contribution in [0.15, 0.2) is 42.7 Å². The average Bonchev–Trinajstić information content (AvgIpc) is 2.24. The summed E-state index contributed by atoms with van der Waals surface area (Å²) in [7, 11) is 0. The maximum atomic E-state index is 5.96. The fourth-order valence-corrected chi connectivity index (χ4v) is 1.36. The molecule has 1 aromatic carbocycles. The highest BCUT2D eigenvalue weighted by atomic mass is 35.5. The van der Waals surface area contributed by atoms with Crippen LogP contribution in [-0.2, 0) is 0 Å². The van der Waals surface area contributed by atoms with Gasteiger partial charge in [0.1, 0.15) is 11.5 Å². The maximum Gasteiger partial charge on any atom is 0.146 e. The first-order valence-electron chi connectivity index (χ1n) is 4.38. The van der Waals surface area contributed by atoms with Gasteiger partial charge in [-0.15, -0.1) is 0 Å². The molecule has 0 fully saturated rings. The third-order valence-electron chi connectivity index (χ3n) is 1.83. The van der Waals surface area contributed by atoms with Gasteiger partial charge in [0, 0.05) is 18.1 Å². The summed E-state index contributed by atoms with van der Waals surface area (Å²) >= 11 is 5.96. The van der Waals surface area contributed by atoms with Crippen LogP contribution in [0.25, 0.3) is 0 Å². The van der Waals surface area contributed by atoms with E-state index in [2.05, 4.69) is 4.98 Å². The molecule has 0 atom stereocenters. The van der Waals surface area contributed by atoms with Crippen LogP contribution in [0.3, 0.4) is 0 Å². The van der Waals surface area contributed by atoms with Crippen LogP contribution in [0, 0.1) is 0 Å². The quantitative estimate of drug-likeness (QED) is 0.792. The van der Waals surface area contributed by atoms with E-state index in [1.165, 1.54) is 0 Å². The van der Waals surface area contributed by atoms with Gasteiger partial charge in [-0.3, -0.25) is 4.98 Å². The van der Waals surface area contributed by atoms with E-state index in [-0.39, 0.29) is 0 Å². The van der Waals surface area contributed by atoms with E-state index in [0.717, 1.165) is 0 Å². The first-order valence-corrected chi connectivity index (χ1v) is 4.76. The Morgan fingerprint density at radius 2 is 1.87 bits per heavy atom. The van der Waals surface area contributed by atoms with Crippen molar-refractivity contribution in [3.63, 3.8) is 0 Å². The highest BCUT2D eigenvalue weighted by Gasteiger charge is 2.02. The number of benzene rings is 1. The molecule has 2 rings (SSSR count). The van der Waals surface area contributed by atoms with Crippen molar-refractivity contribution in [2.45, 2.75) is 0 Å². The molecule has 0 radical (unpaired) electrons. The number of halogens is 1. The summed E-state index contributed by atoms with van der Waals surface area (Å²) in [6.45, 7) is 0. The zero-order valence-corrected chi connectivity index (χ0v) is 8.61. The molecule has 76 valence electrons. The lowest BCUT2D eigenvalue weighted by Gasteiger charge is -2.07. The number of nitrogen functional groups attached to an aromatic ring is 1. The third kappa shape index (κ3) is 2.39. The van der Waals surface area contributed by atoms with Gasteiger partial charge in [0.05, 0.1) is 5.02 Å². The van der Waals surface area contributed by atoms with Crippen LogP contribution in [0.5, 0.6) is 11.5 Å². The van der Waals surface area contributed by atoms with E-state index in [4.69, 9.17) is 22.1 Å². The topological polar surface area (TPSA) is 48.1 Å². The molecular formula is C11H9ClN2O. The molecule has 15 heavy (non-hydrogen) atoms. The fourth-order valence-electron chi connectivity index (χ4n) is 1.13. The standard InChI is InChI=1S/C11H9ClN2O/c12-10-7-8(13)1-2-11(10)15-9-3-5-14-6-4-9/h1-7H,13H2. The van der Waals surface area contributed by atoms with Crippen molar-refractivity contribution in [1.82, 2.24) is 4.98 Å². The molecule has 1 aromatic heterocycles. The van der Waals surface area contributed by atoms with Crippen LogP contribution in [-0.4, -0.2) is 4.98 Å². The minimum absolute atomic E-state index is 0.492. The maximum absolute atomic E-state index is 5.96. The van der Waals surface area contributed by atoms with Gasteiger partial charge in [0.25, 0.3) is 0 Å². The Kier molecular flexibility index (Phi) is 2.74. The predicted octanol–water partition coefficient (Wildman–Crippen LogP) is 3.11. The normalized spacial score (nSPS) is 9.93. The van der Waals surface area contributed by atoms with E-state index in [9.17, 15) is 0 Å². The Morgan fingerprint density at radius 1 is 1.13 bits per heavy atom. The first kappa shape index (κ1) is 9.80. The molecule has 0 aliphatic heterocycles. The van der Waals surface area contributed by atoms with Crippen LogP contribution in [0.4, 0.5) is 5.69 Å². The number of hydrogen-bond acceptors (Lipinski definition) is 3. The van der Waals surface area contributed by atoms with Crippen molar-refractivity contribution in [3.05, 3.63) is 47.7 Å². The van der Waals surface area contributed by atoms with E-state index in [1.807, 2.05) is 0 Å². The number of hydrogen-bond donors (Lipinski definition) is 1. The van der Waals surface area contributed by atoms with E-state index in [0.29, 0.717) is 22.2 Å². The van der Waals surface area contributed by atoms with Gasteiger partial charge in [-0.1, -0.05) is 11.6 Å². The Hall–Kier alpha value is -1.74. The molecule has 0 aliphatic rings. The van der Waals surface area contributed by atoms with Gasteiger partial charge < -0.3 is 10.5 Å². The van der Waals surface area contributed by atoms with E-state index < -0.39 is 0 Å². The summed E-state index contributed by atoms with van der Waals surface area (Å²) in [6, 6.07) is 8.64. The molecule has 0 unspecified atom stereocenters. The van der Waals surface area contributed by atoms with Crippen LogP contribution in [0.1, 0.15) is 0 Å². The van der Waals surface area contributed by atoms with Crippen LogP contribution in [0.2, 0.25) is 5.02 Å². The van der Waals surface area contributed by atoms with Gasteiger partial charge in [-0.05, 0) is 30.3 Å². The SMILES string of the molecule is Nc1ccc(Oc2ccncc2)c(Cl)c1. The van der Waals surface area contributed by atoms with Gasteiger partial charge >= 0.3 is 0 Å². The van der Waals surface area contributed by atoms with Gasteiger partial charge in [-0.25, -0.2) is 0 Å². The summed E-state index contributed by atoms with van der Waals surface area (Å²) in [5, 5.41) is 0.492. The minimum Gasteiger partial charge on any atom is -0.456 e. The van der Waals surface area contributed by atoms with Crippen LogP contribution >= 0.6 is 11.6 Å². The molecule has 0 aliphatic carbocycles. The molecule has 4 heteroatoms. The van der Waals surface area contributed by atoms with Crippen molar-refractivity contribution < 1.29 is 4.74 Å². The molecule has 0 saturated heterocycles. The molecule has 2 aromatic rings. The molecule has 2 N–H and O–H groups in total. The number of nitrogens with two attached hydrogens (primary N) is 1. The Bertz CT molecular complexity index is 459. The Morgan fingerprint density at radius 3 is 2.53 bits per heavy atom. The number of aromatic nitrogens is 1. The smallest absolute Gasteiger partial charge is 0.146 e. The third-order valence-corrected chi connectivity index (χ3v) is 2.13. The lowest BCUT2D eigenvalue weighted by atomic mass is 10.3. The number of anilines is 1. The molecular weight excluding hydrogens is 212 g/mol. The zero-order chi connectivity index (χ0) is 10.7. The summed E-state index contributed by atoms with van der Waals surface area (Å²) in [4.78, 5) is 3.89. The van der Waals surface area contributed by atoms with Gasteiger partial charge in [0.15, 0.2) is 0 Å². The number of ether oxygens (including phenoxy) is 1. The lowest BCUT2D eigenvalue weighted by molar-refractivity contribution is 0.482. The molecule has 0 spiro atoms.